The molecule has 0 aliphatic carbocycles. The van der Waals surface area contributed by atoms with Crippen molar-refractivity contribution in [1.29, 1.82) is 0 Å². The van der Waals surface area contributed by atoms with Crippen LogP contribution < -0.4 is 0 Å². The lowest BCUT2D eigenvalue weighted by Gasteiger charge is -2.50. The predicted octanol–water partition coefficient (Wildman–Crippen LogP) is 8.23. The van der Waals surface area contributed by atoms with Gasteiger partial charge in [-0.2, -0.15) is 0 Å². The van der Waals surface area contributed by atoms with Crippen molar-refractivity contribution in [1.82, 2.24) is 5.06 Å². The Morgan fingerprint density at radius 3 is 1.85 bits per heavy atom. The highest BCUT2D eigenvalue weighted by atomic mass is 16.7. The van der Waals surface area contributed by atoms with Crippen molar-refractivity contribution < 1.29 is 19.4 Å². The largest absolute Gasteiger partial charge is 0.375 e. The number of ether oxygens (including phenoxy) is 3. The van der Waals surface area contributed by atoms with Gasteiger partial charge >= 0.3 is 0 Å². The summed E-state index contributed by atoms with van der Waals surface area (Å²) in [5.74, 6) is 0. The third-order valence-electron chi connectivity index (χ3n) is 7.38. The summed E-state index contributed by atoms with van der Waals surface area (Å²) in [5, 5.41) is 14.0. The molecule has 0 spiro atoms. The van der Waals surface area contributed by atoms with E-state index in [1.807, 2.05) is 27.7 Å². The molecule has 0 aromatic heterocycles. The Morgan fingerprint density at radius 1 is 0.794 bits per heavy atom. The van der Waals surface area contributed by atoms with Gasteiger partial charge in [-0.05, 0) is 86.5 Å². The lowest BCUT2D eigenvalue weighted by atomic mass is 9.80. The minimum atomic E-state index is -0.404. The van der Waals surface area contributed by atoms with Gasteiger partial charge in [0, 0.05) is 11.1 Å². The van der Waals surface area contributed by atoms with Crippen molar-refractivity contribution in [2.75, 3.05) is 0 Å². The van der Waals surface area contributed by atoms with Crippen molar-refractivity contribution >= 4 is 0 Å². The van der Waals surface area contributed by atoms with E-state index in [-0.39, 0.29) is 30.7 Å². The van der Waals surface area contributed by atoms with Crippen LogP contribution in [-0.4, -0.2) is 46.8 Å². The van der Waals surface area contributed by atoms with Gasteiger partial charge in [-0.3, -0.25) is 0 Å². The minimum absolute atomic E-state index is 0.0733. The van der Waals surface area contributed by atoms with Crippen LogP contribution in [0.3, 0.4) is 0 Å². The smallest absolute Gasteiger partial charge is 0.158 e. The molecule has 1 fully saturated rings. The van der Waals surface area contributed by atoms with E-state index in [1.54, 1.807) is 0 Å². The number of hydrogen-bond acceptors (Lipinski definition) is 4. The first-order valence-electron chi connectivity index (χ1n) is 14.4. The van der Waals surface area contributed by atoms with Crippen molar-refractivity contribution in [3.8, 4) is 0 Å². The van der Waals surface area contributed by atoms with E-state index in [1.165, 1.54) is 43.6 Å². The number of unbranched alkanes of at least 4 members (excludes halogenated alkanes) is 6. The van der Waals surface area contributed by atoms with Crippen LogP contribution in [0.25, 0.3) is 0 Å². The Morgan fingerprint density at radius 2 is 1.32 bits per heavy atom. The first kappa shape index (κ1) is 31.8. The summed E-state index contributed by atoms with van der Waals surface area (Å²) in [6.07, 6.45) is 14.8. The highest BCUT2D eigenvalue weighted by molar-refractivity contribution is 4.96. The Hall–Kier alpha value is -0.200. The summed E-state index contributed by atoms with van der Waals surface area (Å²) in [6.45, 7) is 19.0. The standard InChI is InChI=1S/C29H58NO4/c1-10-13-14-15-16-17-18-19-27(32-23(4)11-2)33-24(5)20-25(12-3)34-26-21-28(6,7)30(31)29(8,9)22-26/h23-27H,10-22H2,1-9H3. The predicted molar refractivity (Wildman–Crippen MR) is 141 cm³/mol. The Labute approximate surface area is 212 Å². The number of piperidine rings is 1. The third kappa shape index (κ3) is 11.7. The molecule has 0 bridgehead atoms. The zero-order valence-corrected chi connectivity index (χ0v) is 24.2. The molecule has 34 heavy (non-hydrogen) atoms. The maximum Gasteiger partial charge on any atom is 0.158 e. The van der Waals surface area contributed by atoms with Crippen molar-refractivity contribution in [3.63, 3.8) is 0 Å². The van der Waals surface area contributed by atoms with Crippen LogP contribution in [0.2, 0.25) is 0 Å². The van der Waals surface area contributed by atoms with Gasteiger partial charge in [-0.1, -0.05) is 59.3 Å². The van der Waals surface area contributed by atoms with Crippen molar-refractivity contribution in [2.45, 2.75) is 188 Å². The van der Waals surface area contributed by atoms with E-state index >= 15 is 0 Å². The molecule has 0 aromatic carbocycles. The van der Waals surface area contributed by atoms with Gasteiger partial charge in [-0.25, -0.2) is 0 Å². The molecule has 0 amide bonds. The summed E-state index contributed by atoms with van der Waals surface area (Å²) >= 11 is 0. The second kappa shape index (κ2) is 15.8. The normalized spacial score (nSPS) is 22.4. The van der Waals surface area contributed by atoms with Gasteiger partial charge in [0.2, 0.25) is 0 Å². The molecule has 5 nitrogen and oxygen atoms in total. The van der Waals surface area contributed by atoms with Crippen LogP contribution in [0.15, 0.2) is 0 Å². The van der Waals surface area contributed by atoms with Crippen molar-refractivity contribution in [3.05, 3.63) is 0 Å². The molecular formula is C29H58NO4. The van der Waals surface area contributed by atoms with Crippen LogP contribution in [0, 0.1) is 0 Å². The lowest BCUT2D eigenvalue weighted by Crippen LogP contribution is -2.60. The summed E-state index contributed by atoms with van der Waals surface area (Å²) in [4.78, 5) is 0. The van der Waals surface area contributed by atoms with Crippen LogP contribution in [0.1, 0.15) is 146 Å². The van der Waals surface area contributed by atoms with E-state index in [9.17, 15) is 5.21 Å². The summed E-state index contributed by atoms with van der Waals surface area (Å²) in [7, 11) is 0. The van der Waals surface area contributed by atoms with E-state index in [4.69, 9.17) is 14.2 Å². The lowest BCUT2D eigenvalue weighted by molar-refractivity contribution is -0.304. The molecule has 5 heteroatoms. The average molecular weight is 485 g/mol. The fraction of sp³-hybridized carbons (Fsp3) is 1.00. The zero-order chi connectivity index (χ0) is 25.8. The van der Waals surface area contributed by atoms with E-state index in [0.29, 0.717) is 0 Å². The Balaban J connectivity index is 2.56. The second-order valence-corrected chi connectivity index (χ2v) is 12.0. The van der Waals surface area contributed by atoms with E-state index in [2.05, 4.69) is 34.6 Å². The Bertz CT molecular complexity index is 506. The molecule has 0 N–H and O–H groups in total. The molecule has 0 aromatic rings. The maximum atomic E-state index is 12.7. The number of hydroxylamine groups is 2. The molecule has 4 unspecified atom stereocenters. The summed E-state index contributed by atoms with van der Waals surface area (Å²) in [5.41, 5.74) is -0.808. The number of rotatable bonds is 18. The first-order valence-corrected chi connectivity index (χ1v) is 14.4. The van der Waals surface area contributed by atoms with E-state index in [0.717, 1.165) is 44.9 Å². The molecule has 0 saturated carbocycles. The van der Waals surface area contributed by atoms with Gasteiger partial charge in [0.05, 0.1) is 24.4 Å². The fourth-order valence-electron chi connectivity index (χ4n) is 5.33. The molecule has 1 radical (unpaired) electrons. The zero-order valence-electron chi connectivity index (χ0n) is 24.2. The van der Waals surface area contributed by atoms with Crippen LogP contribution in [-0.2, 0) is 19.4 Å². The monoisotopic (exact) mass is 484 g/mol. The van der Waals surface area contributed by atoms with E-state index < -0.39 is 11.1 Å². The molecule has 4 atom stereocenters. The summed E-state index contributed by atoms with van der Waals surface area (Å²) in [6, 6.07) is 0. The number of hydrogen-bond donors (Lipinski definition) is 0. The van der Waals surface area contributed by atoms with Gasteiger partial charge < -0.3 is 14.2 Å². The first-order chi connectivity index (χ1) is 15.9. The topological polar surface area (TPSA) is 50.8 Å². The molecule has 1 aliphatic rings. The highest BCUT2D eigenvalue weighted by Gasteiger charge is 2.47. The quantitative estimate of drug-likeness (QED) is 0.145. The highest BCUT2D eigenvalue weighted by Crippen LogP contribution is 2.39. The van der Waals surface area contributed by atoms with Gasteiger partial charge in [-0.15, -0.1) is 10.3 Å². The molecule has 1 heterocycles. The number of nitrogens with zero attached hydrogens (tertiary/aromatic N) is 1. The third-order valence-corrected chi connectivity index (χ3v) is 7.38. The maximum absolute atomic E-state index is 12.7. The van der Waals surface area contributed by atoms with Crippen LogP contribution in [0.5, 0.6) is 0 Å². The average Bonchev–Trinajstić information content (AvgIpc) is 2.75. The molecular weight excluding hydrogens is 426 g/mol. The van der Waals surface area contributed by atoms with Gasteiger partial charge in [0.15, 0.2) is 6.29 Å². The van der Waals surface area contributed by atoms with Gasteiger partial charge in [0.25, 0.3) is 0 Å². The van der Waals surface area contributed by atoms with Gasteiger partial charge in [0.1, 0.15) is 0 Å². The molecule has 1 rings (SSSR count). The minimum Gasteiger partial charge on any atom is -0.375 e. The molecule has 203 valence electrons. The van der Waals surface area contributed by atoms with Crippen LogP contribution >= 0.6 is 0 Å². The SMILES string of the molecule is CCCCCCCCCC(OC(C)CC)OC(C)CC(CC)OC1CC(C)(C)N([O])C(C)(C)C1. The molecule has 1 aliphatic heterocycles. The summed E-state index contributed by atoms with van der Waals surface area (Å²) < 4.78 is 19.2. The fourth-order valence-corrected chi connectivity index (χ4v) is 5.33. The Kier molecular flexibility index (Phi) is 14.8. The van der Waals surface area contributed by atoms with Crippen LogP contribution in [0.4, 0.5) is 0 Å². The van der Waals surface area contributed by atoms with Crippen molar-refractivity contribution in [2.24, 2.45) is 0 Å². The molecule has 1 saturated heterocycles. The second-order valence-electron chi connectivity index (χ2n) is 12.0.